The molecule has 35 heavy (non-hydrogen) atoms. The lowest BCUT2D eigenvalue weighted by molar-refractivity contribution is -0.142. The highest BCUT2D eigenvalue weighted by molar-refractivity contribution is 5.84. The molecule has 8 nitrogen and oxygen atoms in total. The predicted molar refractivity (Wildman–Crippen MR) is 134 cm³/mol. The van der Waals surface area contributed by atoms with Crippen molar-refractivity contribution in [2.24, 2.45) is 0 Å². The molecule has 2 aromatic carbocycles. The van der Waals surface area contributed by atoms with Crippen molar-refractivity contribution >= 4 is 18.0 Å². The first-order valence-electron chi connectivity index (χ1n) is 12.1. The van der Waals surface area contributed by atoms with Crippen molar-refractivity contribution < 1.29 is 24.2 Å². The average Bonchev–Trinajstić information content (AvgIpc) is 3.14. The normalized spacial score (nSPS) is 14.1. The lowest BCUT2D eigenvalue weighted by Gasteiger charge is -2.22. The maximum atomic E-state index is 12.7. The Balaban J connectivity index is 1.60. The Hall–Kier alpha value is -3.39. The zero-order chi connectivity index (χ0) is 25.4. The summed E-state index contributed by atoms with van der Waals surface area (Å²) in [6, 6.07) is 14.8. The van der Waals surface area contributed by atoms with E-state index < -0.39 is 30.1 Å². The van der Waals surface area contributed by atoms with Gasteiger partial charge in [-0.1, -0.05) is 68.3 Å². The number of benzene rings is 2. The van der Waals surface area contributed by atoms with Gasteiger partial charge in [-0.2, -0.15) is 0 Å². The van der Waals surface area contributed by atoms with Gasteiger partial charge in [-0.15, -0.1) is 0 Å². The smallest absolute Gasteiger partial charge is 0.407 e. The lowest BCUT2D eigenvalue weighted by Crippen LogP contribution is -2.48. The first-order valence-corrected chi connectivity index (χ1v) is 12.1. The van der Waals surface area contributed by atoms with E-state index in [1.54, 1.807) is 19.0 Å². The van der Waals surface area contributed by atoms with Crippen molar-refractivity contribution in [2.75, 3.05) is 27.2 Å². The van der Waals surface area contributed by atoms with Crippen LogP contribution in [-0.4, -0.2) is 67.3 Å². The number of unbranched alkanes of at least 4 members (excludes halogenated alkanes) is 1. The Labute approximate surface area is 206 Å². The Bertz CT molecular complexity index is 993. The lowest BCUT2D eigenvalue weighted by atomic mass is 9.98. The molecule has 1 aliphatic carbocycles. The summed E-state index contributed by atoms with van der Waals surface area (Å²) < 4.78 is 5.62. The number of aliphatic carboxylic acids is 1. The Kier molecular flexibility index (Phi) is 9.25. The van der Waals surface area contributed by atoms with Crippen molar-refractivity contribution in [1.29, 1.82) is 0 Å². The van der Waals surface area contributed by atoms with Crippen molar-refractivity contribution in [3.05, 3.63) is 59.7 Å². The largest absolute Gasteiger partial charge is 0.480 e. The maximum absolute atomic E-state index is 12.7. The monoisotopic (exact) mass is 481 g/mol. The van der Waals surface area contributed by atoms with Gasteiger partial charge in [0.05, 0.1) is 0 Å². The number of carbonyl (C=O) groups excluding carboxylic acids is 2. The standard InChI is InChI=1S/C27H35N3O5/c1-4-5-10-18(15-25(31)29-24(26(32)33)16-30(2)3)28-27(34)35-17-23-21-13-8-6-11-19(21)20-12-7-9-14-22(20)23/h6-9,11-14,18,23-24H,4-5,10,15-17H2,1-3H3,(H,28,34)(H,29,31)(H,32,33)/t18-,24?/m1/s1. The van der Waals surface area contributed by atoms with E-state index in [2.05, 4.69) is 34.9 Å². The molecule has 8 heteroatoms. The third kappa shape index (κ3) is 7.05. The maximum Gasteiger partial charge on any atom is 0.407 e. The van der Waals surface area contributed by atoms with E-state index >= 15 is 0 Å². The molecule has 0 spiro atoms. The van der Waals surface area contributed by atoms with Crippen LogP contribution in [0.25, 0.3) is 11.1 Å². The number of carbonyl (C=O) groups is 3. The number of hydrogen-bond donors (Lipinski definition) is 3. The van der Waals surface area contributed by atoms with Crippen LogP contribution in [0.1, 0.15) is 49.7 Å². The van der Waals surface area contributed by atoms with E-state index in [0.717, 1.165) is 35.1 Å². The fourth-order valence-corrected chi connectivity index (χ4v) is 4.51. The zero-order valence-corrected chi connectivity index (χ0v) is 20.6. The van der Waals surface area contributed by atoms with Gasteiger partial charge in [0, 0.05) is 24.9 Å². The van der Waals surface area contributed by atoms with Gasteiger partial charge < -0.3 is 25.4 Å². The first kappa shape index (κ1) is 26.2. The van der Waals surface area contributed by atoms with Gasteiger partial charge in [0.25, 0.3) is 0 Å². The van der Waals surface area contributed by atoms with Gasteiger partial charge in [0.1, 0.15) is 12.6 Å². The van der Waals surface area contributed by atoms with E-state index in [-0.39, 0.29) is 25.5 Å². The number of hydrogen-bond acceptors (Lipinski definition) is 5. The highest BCUT2D eigenvalue weighted by Crippen LogP contribution is 2.44. The predicted octanol–water partition coefficient (Wildman–Crippen LogP) is 3.61. The molecule has 0 saturated heterocycles. The van der Waals surface area contributed by atoms with Gasteiger partial charge in [0.15, 0.2) is 0 Å². The van der Waals surface area contributed by atoms with Gasteiger partial charge in [-0.3, -0.25) is 4.79 Å². The number of rotatable bonds is 12. The Morgan fingerprint density at radius 3 is 2.14 bits per heavy atom. The number of nitrogens with one attached hydrogen (secondary N) is 2. The Morgan fingerprint density at radius 1 is 1.00 bits per heavy atom. The summed E-state index contributed by atoms with van der Waals surface area (Å²) in [5.74, 6) is -1.56. The molecular formula is C27H35N3O5. The second-order valence-electron chi connectivity index (χ2n) is 9.23. The quantitative estimate of drug-likeness (QED) is 0.428. The van der Waals surface area contributed by atoms with E-state index in [1.807, 2.05) is 31.2 Å². The summed E-state index contributed by atoms with van der Waals surface area (Å²) in [6.07, 6.45) is 1.73. The molecule has 3 N–H and O–H groups in total. The number of likely N-dealkylation sites (N-methyl/N-ethyl adjacent to an activating group) is 1. The van der Waals surface area contributed by atoms with Crippen LogP contribution in [0.2, 0.25) is 0 Å². The third-order valence-corrected chi connectivity index (χ3v) is 6.18. The van der Waals surface area contributed by atoms with Crippen LogP contribution < -0.4 is 10.6 Å². The molecule has 1 aliphatic rings. The minimum absolute atomic E-state index is 0.0125. The van der Waals surface area contributed by atoms with Crippen molar-refractivity contribution in [1.82, 2.24) is 15.5 Å². The van der Waals surface area contributed by atoms with E-state index in [1.165, 1.54) is 0 Å². The van der Waals surface area contributed by atoms with E-state index in [4.69, 9.17) is 4.74 Å². The second kappa shape index (κ2) is 12.4. The molecule has 2 aromatic rings. The van der Waals surface area contributed by atoms with Crippen LogP contribution in [0, 0.1) is 0 Å². The van der Waals surface area contributed by atoms with Crippen LogP contribution in [0.3, 0.4) is 0 Å². The van der Waals surface area contributed by atoms with Gasteiger partial charge >= 0.3 is 12.1 Å². The van der Waals surface area contributed by atoms with Crippen LogP contribution in [-0.2, 0) is 14.3 Å². The van der Waals surface area contributed by atoms with Gasteiger partial charge in [-0.25, -0.2) is 9.59 Å². The van der Waals surface area contributed by atoms with Crippen LogP contribution in [0.15, 0.2) is 48.5 Å². The van der Waals surface area contributed by atoms with Crippen LogP contribution in [0.4, 0.5) is 4.79 Å². The second-order valence-corrected chi connectivity index (χ2v) is 9.23. The summed E-state index contributed by atoms with van der Waals surface area (Å²) in [7, 11) is 3.48. The summed E-state index contributed by atoms with van der Waals surface area (Å²) in [6.45, 7) is 2.40. The highest BCUT2D eigenvalue weighted by Gasteiger charge is 2.29. The molecule has 0 heterocycles. The zero-order valence-electron chi connectivity index (χ0n) is 20.6. The number of carboxylic acids is 1. The molecule has 0 radical (unpaired) electrons. The number of carboxylic acid groups (broad SMARTS) is 1. The summed E-state index contributed by atoms with van der Waals surface area (Å²) in [5.41, 5.74) is 4.56. The van der Waals surface area contributed by atoms with Gasteiger partial charge in [-0.05, 0) is 42.8 Å². The molecule has 188 valence electrons. The minimum atomic E-state index is -1.10. The molecule has 0 fully saturated rings. The highest BCUT2D eigenvalue weighted by atomic mass is 16.5. The SMILES string of the molecule is CCCC[C@H](CC(=O)NC(CN(C)C)C(=O)O)NC(=O)OCC1c2ccccc2-c2ccccc21. The Morgan fingerprint density at radius 2 is 1.60 bits per heavy atom. The van der Waals surface area contributed by atoms with Crippen molar-refractivity contribution in [2.45, 2.75) is 50.6 Å². The van der Waals surface area contributed by atoms with Crippen molar-refractivity contribution in [3.8, 4) is 11.1 Å². The topological polar surface area (TPSA) is 108 Å². The molecule has 2 atom stereocenters. The van der Waals surface area contributed by atoms with E-state index in [0.29, 0.717) is 6.42 Å². The molecule has 1 unspecified atom stereocenters. The average molecular weight is 482 g/mol. The first-order chi connectivity index (χ1) is 16.8. The van der Waals surface area contributed by atoms with E-state index in [9.17, 15) is 19.5 Å². The summed E-state index contributed by atoms with van der Waals surface area (Å²) >= 11 is 0. The molecule has 2 amide bonds. The fourth-order valence-electron chi connectivity index (χ4n) is 4.51. The van der Waals surface area contributed by atoms with Crippen molar-refractivity contribution in [3.63, 3.8) is 0 Å². The third-order valence-electron chi connectivity index (χ3n) is 6.18. The minimum Gasteiger partial charge on any atom is -0.480 e. The molecule has 0 bridgehead atoms. The number of alkyl carbamates (subject to hydrolysis) is 1. The summed E-state index contributed by atoms with van der Waals surface area (Å²) in [5, 5.41) is 14.7. The molecule has 3 rings (SSSR count). The van der Waals surface area contributed by atoms with Crippen LogP contribution >= 0.6 is 0 Å². The number of ether oxygens (including phenoxy) is 1. The van der Waals surface area contributed by atoms with Crippen LogP contribution in [0.5, 0.6) is 0 Å². The molecule has 0 aromatic heterocycles. The fraction of sp³-hybridized carbons (Fsp3) is 0.444. The number of amides is 2. The number of nitrogens with zero attached hydrogens (tertiary/aromatic N) is 1. The molecule has 0 aliphatic heterocycles. The van der Waals surface area contributed by atoms with Gasteiger partial charge in [0.2, 0.25) is 5.91 Å². The molecule has 0 saturated carbocycles. The summed E-state index contributed by atoms with van der Waals surface area (Å²) in [4.78, 5) is 38.4. The number of fused-ring (bicyclic) bond motifs is 3. The molecular weight excluding hydrogens is 446 g/mol.